The number of hydrogen-bond acceptors (Lipinski definition) is 23. The van der Waals surface area contributed by atoms with Gasteiger partial charge in [-0.3, -0.25) is 0 Å². The van der Waals surface area contributed by atoms with Crippen molar-refractivity contribution in [2.24, 2.45) is 0 Å². The first-order chi connectivity index (χ1) is 24.7. The van der Waals surface area contributed by atoms with E-state index < -0.39 is 173 Å². The van der Waals surface area contributed by atoms with Gasteiger partial charge in [-0.15, -0.1) is 0 Å². The van der Waals surface area contributed by atoms with E-state index in [0.717, 1.165) is 0 Å². The molecule has 20 atom stereocenters. The molecule has 4 fully saturated rings. The molecule has 4 saturated heterocycles. The van der Waals surface area contributed by atoms with Gasteiger partial charge in [0.1, 0.15) is 85.2 Å². The van der Waals surface area contributed by atoms with E-state index in [0.29, 0.717) is 0 Å². The Morgan fingerprint density at radius 2 is 1.21 bits per heavy atom. The third-order valence-corrected chi connectivity index (χ3v) is 9.73. The van der Waals surface area contributed by atoms with Gasteiger partial charge in [0.05, 0.1) is 38.6 Å². The lowest BCUT2D eigenvalue weighted by Crippen LogP contribution is -2.79. The van der Waals surface area contributed by atoms with E-state index >= 15 is 0 Å². The number of aliphatic hydroxyl groups excluding tert-OH is 12. The number of aliphatic hydroxyl groups is 12. The average molecular weight is 781 g/mol. The summed E-state index contributed by atoms with van der Waals surface area (Å²) in [5, 5.41) is 148. The van der Waals surface area contributed by atoms with E-state index in [1.165, 1.54) is 0 Å². The summed E-state index contributed by atoms with van der Waals surface area (Å²) in [4.78, 5) is 25.1. The molecular weight excluding hydrogens is 732 g/mol. The summed E-state index contributed by atoms with van der Waals surface area (Å²) >= 11 is 0. The van der Waals surface area contributed by atoms with Gasteiger partial charge >= 0.3 is 0 Å². The van der Waals surface area contributed by atoms with Gasteiger partial charge in [-0.05, 0) is 0 Å². The van der Waals surface area contributed by atoms with Crippen molar-refractivity contribution in [2.75, 3.05) is 26.4 Å². The van der Waals surface area contributed by atoms with Crippen molar-refractivity contribution < 1.29 is 126 Å². The largest absolute Gasteiger partial charge is 0.544 e. The minimum absolute atomic E-state index is 0.580. The highest BCUT2D eigenvalue weighted by Gasteiger charge is 2.58. The van der Waals surface area contributed by atoms with E-state index in [-0.39, 0.29) is 0 Å². The maximum atomic E-state index is 12.7. The summed E-state index contributed by atoms with van der Waals surface area (Å²) < 4.78 is 38.0. The number of carbonyl (C=O) groups excluding carboxylic acids is 2. The molecule has 0 bridgehead atoms. The second-order valence-electron chi connectivity index (χ2n) is 13.4. The molecule has 18 N–H and O–H groups in total. The monoisotopic (exact) mass is 780 g/mol. The standard InChI is InChI=1S/C28H48N2O23/c29-13-19(40)16(37)11(49-23(13)42)5-47-24-14(30)20(41)17(38)12(50-24)6-48-27(25(43)44)2-10(18(39)22(52-27)9(35)4-32)51-28(26(45)46)1-7(33)15(36)21(53-28)8(34)3-31/h7-24,31-42H,1-6,29-30H2,(H,43,44)(H,45,46)/t7-,8-,9-,10-,11-,12-,13-,14-,15-,16-,17-,18-,19-,20-,21-,22-,23+,24-,27-,28-/m1/s1. The third kappa shape index (κ3) is 8.90. The van der Waals surface area contributed by atoms with Crippen LogP contribution in [0.2, 0.25) is 0 Å². The zero-order valence-electron chi connectivity index (χ0n) is 27.9. The second-order valence-corrected chi connectivity index (χ2v) is 13.4. The summed E-state index contributed by atoms with van der Waals surface area (Å²) in [5.41, 5.74) is 7.15. The Kier molecular flexibility index (Phi) is 14.5. The number of carboxylic acid groups (broad SMARTS) is 2. The van der Waals surface area contributed by atoms with Crippen LogP contribution in [0.5, 0.6) is 0 Å². The normalized spacial score (nSPS) is 47.8. The SMILES string of the molecule is [NH3+][C@@H]1[C@@H](O)[C@H](O)[C@@H](CO[C@@H]2O[C@H](CO[C@]3(C(=O)[O-])C[C@@H](O[C@]4(C(=O)[O-])C[C@@H](O)[C@@H](O)[C@@H]([C@H](O)CO)O4)[C@@H](O)[C@@H]([C@H](O)CO)O3)[C@@H](O)[C@H](O)[C@H]2[NH3+])O[C@@H]1O. The van der Waals surface area contributed by atoms with E-state index in [1.54, 1.807) is 0 Å². The van der Waals surface area contributed by atoms with Crippen LogP contribution < -0.4 is 21.7 Å². The quantitative estimate of drug-likeness (QED) is 0.0778. The van der Waals surface area contributed by atoms with Crippen molar-refractivity contribution in [1.29, 1.82) is 0 Å². The zero-order chi connectivity index (χ0) is 39.7. The predicted octanol–water partition coefficient (Wildman–Crippen LogP) is -14.2. The number of rotatable bonds is 14. The maximum absolute atomic E-state index is 12.7. The van der Waals surface area contributed by atoms with Crippen LogP contribution in [0.1, 0.15) is 12.8 Å². The molecule has 0 unspecified atom stereocenters. The van der Waals surface area contributed by atoms with Crippen LogP contribution in [0, 0.1) is 0 Å². The lowest BCUT2D eigenvalue weighted by molar-refractivity contribution is -0.509. The molecule has 0 aromatic carbocycles. The van der Waals surface area contributed by atoms with E-state index in [9.17, 15) is 81.1 Å². The molecule has 0 spiro atoms. The molecule has 0 aliphatic carbocycles. The Balaban J connectivity index is 1.57. The average Bonchev–Trinajstić information content (AvgIpc) is 3.12. The van der Waals surface area contributed by atoms with Gasteiger partial charge in [0.2, 0.25) is 24.2 Å². The molecule has 25 nitrogen and oxygen atoms in total. The van der Waals surface area contributed by atoms with Crippen molar-refractivity contribution in [3.05, 3.63) is 0 Å². The summed E-state index contributed by atoms with van der Waals surface area (Å²) in [5.74, 6) is -10.8. The van der Waals surface area contributed by atoms with Crippen LogP contribution in [0.3, 0.4) is 0 Å². The van der Waals surface area contributed by atoms with Gasteiger partial charge < -0.3 is 126 Å². The minimum atomic E-state index is -3.18. The molecular formula is C28H48N2O23. The second kappa shape index (κ2) is 17.5. The third-order valence-electron chi connectivity index (χ3n) is 9.73. The first-order valence-electron chi connectivity index (χ1n) is 16.5. The molecule has 0 aromatic rings. The molecule has 4 aliphatic rings. The van der Waals surface area contributed by atoms with Crippen molar-refractivity contribution in [2.45, 2.75) is 135 Å². The highest BCUT2D eigenvalue weighted by molar-refractivity contribution is 5.75. The Morgan fingerprint density at radius 3 is 1.75 bits per heavy atom. The predicted molar refractivity (Wildman–Crippen MR) is 152 cm³/mol. The number of ether oxygens (including phenoxy) is 7. The molecule has 4 heterocycles. The Bertz CT molecular complexity index is 1240. The van der Waals surface area contributed by atoms with Crippen molar-refractivity contribution >= 4 is 11.9 Å². The van der Waals surface area contributed by atoms with E-state index in [2.05, 4.69) is 11.5 Å². The fourth-order valence-corrected chi connectivity index (χ4v) is 6.44. The van der Waals surface area contributed by atoms with Crippen LogP contribution in [0.15, 0.2) is 0 Å². The molecule has 0 aromatic heterocycles. The molecule has 0 radical (unpaired) electrons. The fraction of sp³-hybridized carbons (Fsp3) is 0.929. The molecule has 53 heavy (non-hydrogen) atoms. The summed E-state index contributed by atoms with van der Waals surface area (Å²) in [7, 11) is 0. The van der Waals surface area contributed by atoms with E-state index in [1.807, 2.05) is 0 Å². The highest BCUT2D eigenvalue weighted by atomic mass is 16.8. The number of hydrogen-bond donors (Lipinski definition) is 14. The van der Waals surface area contributed by atoms with Gasteiger partial charge in [-0.2, -0.15) is 0 Å². The summed E-state index contributed by atoms with van der Waals surface area (Å²) in [6.07, 6.45) is -32.0. The smallest absolute Gasteiger partial charge is 0.213 e. The highest BCUT2D eigenvalue weighted by Crippen LogP contribution is 2.40. The summed E-state index contributed by atoms with van der Waals surface area (Å²) in [6.45, 7) is -3.90. The topological polar surface area (TPSA) is 443 Å². The summed E-state index contributed by atoms with van der Waals surface area (Å²) in [6, 6.07) is -2.36. The Labute approximate surface area is 298 Å². The Morgan fingerprint density at radius 1 is 0.698 bits per heavy atom. The lowest BCUT2D eigenvalue weighted by atomic mass is 9.90. The van der Waals surface area contributed by atoms with Gasteiger partial charge in [0.25, 0.3) is 0 Å². The molecule has 25 heteroatoms. The molecule has 308 valence electrons. The number of aliphatic carboxylic acids is 2. The first kappa shape index (κ1) is 43.8. The first-order valence-corrected chi connectivity index (χ1v) is 16.5. The number of quaternary nitrogens is 2. The van der Waals surface area contributed by atoms with Crippen LogP contribution in [0.4, 0.5) is 0 Å². The van der Waals surface area contributed by atoms with Gasteiger partial charge in [0, 0.05) is 12.8 Å². The zero-order valence-corrected chi connectivity index (χ0v) is 27.9. The lowest BCUT2D eigenvalue weighted by Gasteiger charge is -2.52. The van der Waals surface area contributed by atoms with Crippen LogP contribution in [-0.2, 0) is 42.7 Å². The number of carboxylic acids is 2. The van der Waals surface area contributed by atoms with Gasteiger partial charge in [-0.1, -0.05) is 0 Å². The number of carbonyl (C=O) groups is 2. The molecule has 4 rings (SSSR count). The Hall–Kier alpha value is -1.90. The van der Waals surface area contributed by atoms with Crippen LogP contribution >= 0.6 is 0 Å². The molecule has 0 amide bonds. The van der Waals surface area contributed by atoms with Crippen molar-refractivity contribution in [3.8, 4) is 0 Å². The maximum Gasteiger partial charge on any atom is 0.213 e. The van der Waals surface area contributed by atoms with Crippen LogP contribution in [0.25, 0.3) is 0 Å². The fourth-order valence-electron chi connectivity index (χ4n) is 6.44. The van der Waals surface area contributed by atoms with Crippen molar-refractivity contribution in [1.82, 2.24) is 0 Å². The van der Waals surface area contributed by atoms with Gasteiger partial charge in [0.15, 0.2) is 12.1 Å². The minimum Gasteiger partial charge on any atom is -0.544 e. The van der Waals surface area contributed by atoms with Gasteiger partial charge in [-0.25, -0.2) is 0 Å². The van der Waals surface area contributed by atoms with Crippen LogP contribution in [-0.4, -0.2) is 221 Å². The molecule has 0 saturated carbocycles. The molecule has 4 aliphatic heterocycles. The van der Waals surface area contributed by atoms with E-state index in [4.69, 9.17) is 33.2 Å². The van der Waals surface area contributed by atoms with Crippen molar-refractivity contribution in [3.63, 3.8) is 0 Å².